The van der Waals surface area contributed by atoms with Crippen LogP contribution in [0.2, 0.25) is 0 Å². The zero-order valence-corrected chi connectivity index (χ0v) is 10.8. The van der Waals surface area contributed by atoms with Gasteiger partial charge >= 0.3 is 0 Å². The largest absolute Gasteiger partial charge is 0.356 e. The minimum absolute atomic E-state index is 0.305. The molecule has 1 aromatic rings. The van der Waals surface area contributed by atoms with Gasteiger partial charge in [0.2, 0.25) is 10.0 Å². The molecule has 0 aromatic carbocycles. The van der Waals surface area contributed by atoms with E-state index >= 15 is 0 Å². The van der Waals surface area contributed by atoms with Gasteiger partial charge in [0.15, 0.2) is 0 Å². The van der Waals surface area contributed by atoms with Crippen molar-refractivity contribution in [3.05, 3.63) is 18.5 Å². The van der Waals surface area contributed by atoms with E-state index in [1.54, 1.807) is 30.1 Å². The Morgan fingerprint density at radius 2 is 2.12 bits per heavy atom. The first kappa shape index (κ1) is 12.6. The predicted octanol–water partition coefficient (Wildman–Crippen LogP) is 0.575. The lowest BCUT2D eigenvalue weighted by Crippen LogP contribution is -2.51. The minimum atomic E-state index is -3.44. The van der Waals surface area contributed by atoms with Gasteiger partial charge in [-0.05, 0) is 18.9 Å². The number of nitrogens with one attached hydrogen (secondary N) is 1. The van der Waals surface area contributed by atoms with E-state index in [0.717, 1.165) is 25.7 Å². The molecule has 1 fully saturated rings. The molecule has 0 aliphatic heterocycles. The monoisotopic (exact) mass is 257 g/mol. The quantitative estimate of drug-likeness (QED) is 0.828. The Morgan fingerprint density at radius 1 is 1.47 bits per heavy atom. The van der Waals surface area contributed by atoms with Crippen molar-refractivity contribution in [2.75, 3.05) is 6.54 Å². The minimum Gasteiger partial charge on any atom is -0.356 e. The third-order valence-electron chi connectivity index (χ3n) is 3.42. The molecule has 5 nitrogen and oxygen atoms in total. The van der Waals surface area contributed by atoms with Gasteiger partial charge in [-0.1, -0.05) is 12.8 Å². The van der Waals surface area contributed by atoms with Gasteiger partial charge in [-0.2, -0.15) is 0 Å². The molecular weight excluding hydrogens is 238 g/mol. The van der Waals surface area contributed by atoms with Crippen molar-refractivity contribution in [2.45, 2.75) is 36.1 Å². The lowest BCUT2D eigenvalue weighted by atomic mass is 10.0. The summed E-state index contributed by atoms with van der Waals surface area (Å²) in [6.45, 7) is 0.360. The Morgan fingerprint density at radius 3 is 2.59 bits per heavy atom. The highest BCUT2D eigenvalue weighted by atomic mass is 32.2. The van der Waals surface area contributed by atoms with E-state index in [2.05, 4.69) is 4.72 Å². The van der Waals surface area contributed by atoms with Gasteiger partial charge in [-0.3, -0.25) is 0 Å². The van der Waals surface area contributed by atoms with Gasteiger partial charge in [-0.15, -0.1) is 0 Å². The second-order valence-electron chi connectivity index (χ2n) is 4.81. The number of nitrogens with two attached hydrogens (primary N) is 1. The summed E-state index contributed by atoms with van der Waals surface area (Å²) in [5, 5.41) is 0. The highest BCUT2D eigenvalue weighted by molar-refractivity contribution is 7.89. The predicted molar refractivity (Wildman–Crippen MR) is 66.0 cm³/mol. The molecule has 0 unspecified atom stereocenters. The highest BCUT2D eigenvalue weighted by Crippen LogP contribution is 2.30. The summed E-state index contributed by atoms with van der Waals surface area (Å²) >= 11 is 0. The van der Waals surface area contributed by atoms with Crippen LogP contribution in [0.1, 0.15) is 25.7 Å². The fourth-order valence-corrected chi connectivity index (χ4v) is 3.90. The van der Waals surface area contributed by atoms with Crippen LogP contribution in [0.5, 0.6) is 0 Å². The first-order valence-electron chi connectivity index (χ1n) is 5.83. The smallest absolute Gasteiger partial charge is 0.242 e. The summed E-state index contributed by atoms with van der Waals surface area (Å²) in [6, 6.07) is 1.60. The maximum absolute atomic E-state index is 12.2. The van der Waals surface area contributed by atoms with Crippen molar-refractivity contribution >= 4 is 10.0 Å². The average Bonchev–Trinajstić information content (AvgIpc) is 2.87. The van der Waals surface area contributed by atoms with E-state index in [4.69, 9.17) is 5.73 Å². The molecule has 3 N–H and O–H groups in total. The van der Waals surface area contributed by atoms with Crippen molar-refractivity contribution in [2.24, 2.45) is 12.8 Å². The lowest BCUT2D eigenvalue weighted by Gasteiger charge is -2.27. The molecule has 1 aromatic heterocycles. The first-order chi connectivity index (χ1) is 7.97. The zero-order chi connectivity index (χ0) is 12.5. The van der Waals surface area contributed by atoms with Crippen LogP contribution in [-0.2, 0) is 17.1 Å². The number of aromatic nitrogens is 1. The molecule has 1 saturated carbocycles. The molecule has 96 valence electrons. The Balaban J connectivity index is 2.22. The van der Waals surface area contributed by atoms with E-state index in [0.29, 0.717) is 11.4 Å². The molecule has 0 amide bonds. The van der Waals surface area contributed by atoms with Crippen LogP contribution >= 0.6 is 0 Å². The van der Waals surface area contributed by atoms with Gasteiger partial charge < -0.3 is 10.3 Å². The topological polar surface area (TPSA) is 77.1 Å². The zero-order valence-electron chi connectivity index (χ0n) is 10.0. The van der Waals surface area contributed by atoms with Crippen molar-refractivity contribution in [3.8, 4) is 0 Å². The summed E-state index contributed by atoms with van der Waals surface area (Å²) in [4.78, 5) is 0.305. The summed E-state index contributed by atoms with van der Waals surface area (Å²) in [5.74, 6) is 0. The molecule has 0 saturated heterocycles. The normalized spacial score (nSPS) is 19.6. The standard InChI is InChI=1S/C11H19N3O2S/c1-14-7-4-10(8-14)17(15,16)13-11(9-12)5-2-3-6-11/h4,7-8,13H,2-3,5-6,9,12H2,1H3. The van der Waals surface area contributed by atoms with Crippen molar-refractivity contribution in [1.82, 2.24) is 9.29 Å². The summed E-state index contributed by atoms with van der Waals surface area (Å²) in [7, 11) is -1.65. The van der Waals surface area contributed by atoms with E-state index in [-0.39, 0.29) is 0 Å². The van der Waals surface area contributed by atoms with Crippen LogP contribution in [0, 0.1) is 0 Å². The third-order valence-corrected chi connectivity index (χ3v) is 4.98. The van der Waals surface area contributed by atoms with E-state index in [1.807, 2.05) is 0 Å². The van der Waals surface area contributed by atoms with Crippen LogP contribution < -0.4 is 10.5 Å². The van der Waals surface area contributed by atoms with Gasteiger partial charge in [0.1, 0.15) is 0 Å². The SMILES string of the molecule is Cn1ccc(S(=O)(=O)NC2(CN)CCCC2)c1. The number of hydrogen-bond acceptors (Lipinski definition) is 3. The Hall–Kier alpha value is -0.850. The summed E-state index contributed by atoms with van der Waals surface area (Å²) in [5.41, 5.74) is 5.29. The van der Waals surface area contributed by atoms with Crippen molar-refractivity contribution in [1.29, 1.82) is 0 Å². The van der Waals surface area contributed by atoms with Gasteiger partial charge in [-0.25, -0.2) is 13.1 Å². The second-order valence-corrected chi connectivity index (χ2v) is 6.49. The maximum Gasteiger partial charge on any atom is 0.242 e. The molecule has 1 aliphatic carbocycles. The maximum atomic E-state index is 12.2. The molecule has 0 bridgehead atoms. The number of rotatable bonds is 4. The van der Waals surface area contributed by atoms with Gasteiger partial charge in [0, 0.05) is 31.5 Å². The Kier molecular flexibility index (Phi) is 3.29. The fourth-order valence-electron chi connectivity index (χ4n) is 2.38. The molecule has 2 rings (SSSR count). The Bertz CT molecular complexity index is 487. The fraction of sp³-hybridized carbons (Fsp3) is 0.636. The molecule has 0 spiro atoms. The molecule has 0 atom stereocenters. The lowest BCUT2D eigenvalue weighted by molar-refractivity contribution is 0.399. The van der Waals surface area contributed by atoms with Crippen LogP contribution in [0.15, 0.2) is 23.4 Å². The van der Waals surface area contributed by atoms with E-state index in [1.165, 1.54) is 0 Å². The molecular formula is C11H19N3O2S. The number of aryl methyl sites for hydroxylation is 1. The van der Waals surface area contributed by atoms with E-state index < -0.39 is 15.6 Å². The highest BCUT2D eigenvalue weighted by Gasteiger charge is 2.36. The van der Waals surface area contributed by atoms with Crippen molar-refractivity contribution in [3.63, 3.8) is 0 Å². The van der Waals surface area contributed by atoms with Gasteiger partial charge in [0.25, 0.3) is 0 Å². The molecule has 0 radical (unpaired) electrons. The Labute approximate surface area is 102 Å². The first-order valence-corrected chi connectivity index (χ1v) is 7.32. The number of nitrogens with zero attached hydrogens (tertiary/aromatic N) is 1. The molecule has 6 heteroatoms. The third kappa shape index (κ3) is 2.53. The molecule has 1 aliphatic rings. The number of hydrogen-bond donors (Lipinski definition) is 2. The average molecular weight is 257 g/mol. The van der Waals surface area contributed by atoms with Crippen LogP contribution in [0.4, 0.5) is 0 Å². The summed E-state index contributed by atoms with van der Waals surface area (Å²) < 4.78 is 28.9. The molecule has 17 heavy (non-hydrogen) atoms. The second kappa shape index (κ2) is 4.44. The number of sulfonamides is 1. The van der Waals surface area contributed by atoms with Crippen LogP contribution in [0.25, 0.3) is 0 Å². The van der Waals surface area contributed by atoms with Gasteiger partial charge in [0.05, 0.1) is 4.90 Å². The van der Waals surface area contributed by atoms with E-state index in [9.17, 15) is 8.42 Å². The molecule has 1 heterocycles. The van der Waals surface area contributed by atoms with Crippen LogP contribution in [0.3, 0.4) is 0 Å². The summed E-state index contributed by atoms with van der Waals surface area (Å²) in [6.07, 6.45) is 7.05. The van der Waals surface area contributed by atoms with Crippen molar-refractivity contribution < 1.29 is 8.42 Å². The van der Waals surface area contributed by atoms with Crippen LogP contribution in [-0.4, -0.2) is 25.1 Å².